The largest absolute Gasteiger partial charge is 0.525 e. The summed E-state index contributed by atoms with van der Waals surface area (Å²) in [5.41, 5.74) is 2.71. The van der Waals surface area contributed by atoms with Gasteiger partial charge < -0.3 is 77.8 Å². The Morgan fingerprint density at radius 2 is 1.57 bits per heavy atom. The number of aliphatic hydroxyl groups is 6. The molecule has 0 saturated carbocycles. The van der Waals surface area contributed by atoms with E-state index in [2.05, 4.69) is 0 Å². The van der Waals surface area contributed by atoms with Crippen molar-refractivity contribution >= 4 is 13.8 Å². The molecule has 11 atom stereocenters. The molecule has 0 amide bonds. The molecular weight excluding hydrogens is 713 g/mol. The van der Waals surface area contributed by atoms with Crippen LogP contribution in [0.5, 0.6) is 28.7 Å². The molecular formula is C29H34NO20P. The number of rotatable bonds is 7. The summed E-state index contributed by atoms with van der Waals surface area (Å²) in [4.78, 5) is 32.7. The molecule has 51 heavy (non-hydrogen) atoms. The molecule has 21 nitrogen and oxygen atoms in total. The summed E-state index contributed by atoms with van der Waals surface area (Å²) in [5.74, 6) is -12.5. The first-order valence-corrected chi connectivity index (χ1v) is 16.7. The van der Waals surface area contributed by atoms with Gasteiger partial charge in [0.2, 0.25) is 12.5 Å². The van der Waals surface area contributed by atoms with Gasteiger partial charge in [0.25, 0.3) is 5.91 Å². The van der Waals surface area contributed by atoms with Crippen LogP contribution in [-0.4, -0.2) is 116 Å². The number of carbonyl (C=O) groups is 1. The molecule has 5 aliphatic rings. The lowest BCUT2D eigenvalue weighted by atomic mass is 9.62. The van der Waals surface area contributed by atoms with E-state index in [0.29, 0.717) is 0 Å². The molecule has 2 aromatic carbocycles. The lowest BCUT2D eigenvalue weighted by molar-refractivity contribution is -0.444. The lowest BCUT2D eigenvalue weighted by Gasteiger charge is -2.52. The molecule has 0 spiro atoms. The Kier molecular flexibility index (Phi) is 8.53. The summed E-state index contributed by atoms with van der Waals surface area (Å²) in [6, 6.07) is 4.71. The topological polar surface area (TPSA) is 314 Å². The first-order valence-electron chi connectivity index (χ1n) is 15.2. The molecule has 4 aliphatic heterocycles. The third-order valence-corrected chi connectivity index (χ3v) is 9.80. The van der Waals surface area contributed by atoms with Crippen molar-refractivity contribution in [3.8, 4) is 28.7 Å². The minimum absolute atomic E-state index is 0.0708. The van der Waals surface area contributed by atoms with Gasteiger partial charge in [-0.25, -0.2) is 4.57 Å². The van der Waals surface area contributed by atoms with Crippen molar-refractivity contribution < 1.29 is 96.9 Å². The van der Waals surface area contributed by atoms with Gasteiger partial charge in [-0.3, -0.25) is 20.3 Å². The Labute approximate surface area is 286 Å². The fraction of sp³-hybridized carbons (Fsp3) is 0.552. The van der Waals surface area contributed by atoms with Crippen LogP contribution in [0.1, 0.15) is 29.7 Å². The number of benzene rings is 2. The van der Waals surface area contributed by atoms with Crippen LogP contribution in [0.3, 0.4) is 0 Å². The van der Waals surface area contributed by atoms with Gasteiger partial charge in [-0.05, 0) is 47.9 Å². The van der Waals surface area contributed by atoms with Crippen molar-refractivity contribution in [3.63, 3.8) is 0 Å². The number of nitrogens with two attached hydrogens (primary N) is 1. The average molecular weight is 748 g/mol. The van der Waals surface area contributed by atoms with E-state index in [1.807, 2.05) is 0 Å². The second kappa shape index (κ2) is 12.1. The first-order chi connectivity index (χ1) is 23.8. The van der Waals surface area contributed by atoms with Crippen molar-refractivity contribution in [2.45, 2.75) is 67.5 Å². The third-order valence-electron chi connectivity index (χ3n) is 9.38. The predicted octanol–water partition coefficient (Wildman–Crippen LogP) is -2.55. The Bertz CT molecular complexity index is 1760. The molecule has 10 N–H and O–H groups in total. The Hall–Kier alpha value is -3.38. The monoisotopic (exact) mass is 747 g/mol. The smallest absolute Gasteiger partial charge is 0.493 e. The zero-order valence-corrected chi connectivity index (χ0v) is 27.6. The van der Waals surface area contributed by atoms with E-state index in [0.717, 1.165) is 26.4 Å². The highest BCUT2D eigenvalue weighted by Crippen LogP contribution is 2.62. The molecule has 7 rings (SSSR count). The summed E-state index contributed by atoms with van der Waals surface area (Å²) < 4.78 is 65.8. The van der Waals surface area contributed by atoms with E-state index < -0.39 is 92.0 Å². The molecule has 0 bridgehead atoms. The van der Waals surface area contributed by atoms with Crippen LogP contribution < -0.4 is 29.2 Å². The molecule has 1 aliphatic carbocycles. The molecule has 280 valence electrons. The Morgan fingerprint density at radius 3 is 2.18 bits per heavy atom. The van der Waals surface area contributed by atoms with E-state index in [1.165, 1.54) is 19.1 Å². The van der Waals surface area contributed by atoms with Gasteiger partial charge in [-0.1, -0.05) is 0 Å². The number of methoxy groups -OCH3 is 2. The summed E-state index contributed by atoms with van der Waals surface area (Å²) >= 11 is 0. The van der Waals surface area contributed by atoms with Gasteiger partial charge >= 0.3 is 19.8 Å². The molecule has 22 heteroatoms. The maximum Gasteiger partial charge on any atom is 0.525 e. The number of aliphatic hydroxyl groups excluding tert-OH is 2. The highest BCUT2D eigenvalue weighted by Gasteiger charge is 2.70. The summed E-state index contributed by atoms with van der Waals surface area (Å²) in [6.45, 7) is 1.10. The zero-order chi connectivity index (χ0) is 37.0. The SMILES string of the molecule is COc1cc(C2(O)c3cc4c(cc3C(OC3OC5C(OC(C)OC5(N)O)C(O)C3O)C3C2C(=O)OC3(O)O)OCO4)cc(OC)c1OP(=O)(O)O. The number of fused-ring (bicyclic) bond motifs is 4. The van der Waals surface area contributed by atoms with Crippen LogP contribution in [0.15, 0.2) is 24.3 Å². The maximum absolute atomic E-state index is 13.7. The van der Waals surface area contributed by atoms with Gasteiger partial charge in [-0.15, -0.1) is 0 Å². The molecule has 0 aromatic heterocycles. The second-order valence-electron chi connectivity index (χ2n) is 12.4. The number of hydrogen-bond acceptors (Lipinski definition) is 19. The fourth-order valence-corrected chi connectivity index (χ4v) is 7.71. The molecule has 4 heterocycles. The summed E-state index contributed by atoms with van der Waals surface area (Å²) in [5, 5.41) is 68.2. The quantitative estimate of drug-likeness (QED) is 0.0800. The van der Waals surface area contributed by atoms with Crippen molar-refractivity contribution in [2.75, 3.05) is 21.0 Å². The highest BCUT2D eigenvalue weighted by atomic mass is 31.2. The third kappa shape index (κ3) is 5.70. The number of esters is 1. The van der Waals surface area contributed by atoms with Crippen LogP contribution in [0.4, 0.5) is 0 Å². The van der Waals surface area contributed by atoms with Crippen LogP contribution in [-0.2, 0) is 38.6 Å². The van der Waals surface area contributed by atoms with Crippen molar-refractivity contribution in [1.29, 1.82) is 0 Å². The van der Waals surface area contributed by atoms with Crippen LogP contribution in [0.25, 0.3) is 0 Å². The van der Waals surface area contributed by atoms with Gasteiger partial charge in [-0.2, -0.15) is 0 Å². The van der Waals surface area contributed by atoms with Crippen LogP contribution in [0, 0.1) is 11.8 Å². The standard InChI is InChI=1S/C29H34NO20P/c1-9-45-23-19(31)20(32)26(47-24(23)28(30,35)48-9)46-21-11-6-13-14(44-8-43-13)7-12(11)27(34,18-17(21)29(36,37)49-25(18)33)10-4-15(41-2)22(16(5-10)42-3)50-51(38,39)40/h4-7,9,17-21,23-24,26,31-32,34-37H,8,30H2,1-3H3,(H2,38,39,40). The van der Waals surface area contributed by atoms with Crippen molar-refractivity contribution in [1.82, 2.24) is 0 Å². The van der Waals surface area contributed by atoms with E-state index in [-0.39, 0.29) is 46.5 Å². The molecule has 2 aromatic rings. The first kappa shape index (κ1) is 36.0. The number of phosphoric ester groups is 1. The predicted molar refractivity (Wildman–Crippen MR) is 157 cm³/mol. The van der Waals surface area contributed by atoms with Gasteiger partial charge in [0.05, 0.1) is 20.3 Å². The van der Waals surface area contributed by atoms with E-state index in [4.69, 9.17) is 52.9 Å². The van der Waals surface area contributed by atoms with Crippen LogP contribution in [0.2, 0.25) is 0 Å². The number of hydrogen-bond donors (Lipinski definition) is 9. The zero-order valence-electron chi connectivity index (χ0n) is 26.7. The Morgan fingerprint density at radius 1 is 0.941 bits per heavy atom. The number of carbonyl (C=O) groups excluding carboxylic acids is 1. The lowest BCUT2D eigenvalue weighted by Crippen LogP contribution is -2.73. The average Bonchev–Trinajstić information content (AvgIpc) is 3.60. The minimum atomic E-state index is -5.19. The normalized spacial score (nSPS) is 37.9. The second-order valence-corrected chi connectivity index (χ2v) is 13.6. The molecule has 3 saturated heterocycles. The molecule has 3 fully saturated rings. The van der Waals surface area contributed by atoms with Gasteiger partial charge in [0.15, 0.2) is 41.7 Å². The summed E-state index contributed by atoms with van der Waals surface area (Å²) in [7, 11) is -2.96. The van der Waals surface area contributed by atoms with E-state index >= 15 is 0 Å². The summed E-state index contributed by atoms with van der Waals surface area (Å²) in [6.07, 6.45) is -11.7. The van der Waals surface area contributed by atoms with Crippen LogP contribution >= 0.6 is 7.82 Å². The highest BCUT2D eigenvalue weighted by molar-refractivity contribution is 7.46. The molecule has 11 unspecified atom stereocenters. The van der Waals surface area contributed by atoms with Gasteiger partial charge in [0, 0.05) is 0 Å². The van der Waals surface area contributed by atoms with Crippen molar-refractivity contribution in [3.05, 3.63) is 41.0 Å². The number of ether oxygens (including phenoxy) is 9. The van der Waals surface area contributed by atoms with E-state index in [1.54, 1.807) is 0 Å². The minimum Gasteiger partial charge on any atom is -0.493 e. The Balaban J connectivity index is 1.40. The number of phosphoric acid groups is 1. The van der Waals surface area contributed by atoms with Gasteiger partial charge in [0.1, 0.15) is 35.7 Å². The maximum atomic E-state index is 13.7. The van der Waals surface area contributed by atoms with Crippen molar-refractivity contribution in [2.24, 2.45) is 17.6 Å². The van der Waals surface area contributed by atoms with E-state index in [9.17, 15) is 49.8 Å². The molecule has 0 radical (unpaired) electrons. The fourth-order valence-electron chi connectivity index (χ4n) is 7.29. The number of cyclic esters (lactones) is 1.